The molecule has 0 aromatic carbocycles. The van der Waals surface area contributed by atoms with Gasteiger partial charge >= 0.3 is 0 Å². The van der Waals surface area contributed by atoms with E-state index in [2.05, 4.69) is 20.3 Å². The Kier molecular flexibility index (Phi) is 5.54. The zero-order valence-corrected chi connectivity index (χ0v) is 15.8. The van der Waals surface area contributed by atoms with Crippen LogP contribution in [0.3, 0.4) is 0 Å². The van der Waals surface area contributed by atoms with Crippen molar-refractivity contribution < 1.29 is 13.2 Å². The second-order valence-electron chi connectivity index (χ2n) is 6.69. The Morgan fingerprint density at radius 1 is 1.54 bits per heavy atom. The molecule has 2 heterocycles. The molecule has 8 nitrogen and oxygen atoms in total. The lowest BCUT2D eigenvalue weighted by molar-refractivity contribution is -0.00804. The van der Waals surface area contributed by atoms with Crippen molar-refractivity contribution in [3.05, 3.63) is 18.0 Å². The van der Waals surface area contributed by atoms with Crippen LogP contribution in [0, 0.1) is 0 Å². The average molecular weight is 357 g/mol. The molecule has 1 N–H and O–H groups in total. The van der Waals surface area contributed by atoms with Crippen LogP contribution in [0.2, 0.25) is 0 Å². The van der Waals surface area contributed by atoms with Gasteiger partial charge in [-0.2, -0.15) is 5.10 Å². The van der Waals surface area contributed by atoms with Crippen molar-refractivity contribution in [3.63, 3.8) is 0 Å². The molecule has 2 rings (SSSR count). The molecule has 1 aromatic heterocycles. The highest BCUT2D eigenvalue weighted by molar-refractivity contribution is 7.92. The maximum atomic E-state index is 11.8. The van der Waals surface area contributed by atoms with Crippen LogP contribution < -0.4 is 5.32 Å². The van der Waals surface area contributed by atoms with Crippen LogP contribution >= 0.6 is 0 Å². The van der Waals surface area contributed by atoms with Crippen molar-refractivity contribution in [2.75, 3.05) is 39.5 Å². The molecule has 1 aliphatic rings. The topological polar surface area (TPSA) is 88.8 Å². The third kappa shape index (κ3) is 4.27. The SMILES string of the molecule is CN=C(NCC(C)(C)S(C)(=O)=O)N1CCOC(c2cnn(C)c2)C1. The highest BCUT2D eigenvalue weighted by Crippen LogP contribution is 2.22. The number of hydrogen-bond donors (Lipinski definition) is 1. The standard InChI is InChI=1S/C15H27N5O3S/c1-15(2,24(5,21)22)11-17-14(16-3)20-6-7-23-13(10-20)12-8-18-19(4)9-12/h8-9,13H,6-7,10-11H2,1-5H3,(H,16,17). The molecular weight excluding hydrogens is 330 g/mol. The number of sulfone groups is 1. The molecule has 1 unspecified atom stereocenters. The smallest absolute Gasteiger partial charge is 0.193 e. The third-order valence-corrected chi connectivity index (χ3v) is 6.50. The Bertz CT molecular complexity index is 696. The zero-order valence-electron chi connectivity index (χ0n) is 15.0. The number of aryl methyl sites for hydroxylation is 1. The molecule has 0 aliphatic carbocycles. The van der Waals surface area contributed by atoms with Gasteiger partial charge in [-0.25, -0.2) is 8.42 Å². The summed E-state index contributed by atoms with van der Waals surface area (Å²) in [5.41, 5.74) is 1.02. The van der Waals surface area contributed by atoms with Crippen molar-refractivity contribution in [1.82, 2.24) is 20.0 Å². The Morgan fingerprint density at radius 3 is 2.79 bits per heavy atom. The molecule has 1 fully saturated rings. The Balaban J connectivity index is 2.03. The lowest BCUT2D eigenvalue weighted by Crippen LogP contribution is -2.52. The van der Waals surface area contributed by atoms with Crippen molar-refractivity contribution in [2.45, 2.75) is 24.7 Å². The summed E-state index contributed by atoms with van der Waals surface area (Å²) >= 11 is 0. The molecule has 1 aromatic rings. The Hall–Kier alpha value is -1.61. The van der Waals surface area contributed by atoms with Gasteiger partial charge in [-0.05, 0) is 13.8 Å². The monoisotopic (exact) mass is 357 g/mol. The molecular formula is C15H27N5O3S. The van der Waals surface area contributed by atoms with Gasteiger partial charge in [-0.3, -0.25) is 9.67 Å². The number of nitrogens with one attached hydrogen (secondary N) is 1. The van der Waals surface area contributed by atoms with E-state index in [1.807, 2.05) is 13.2 Å². The number of ether oxygens (including phenoxy) is 1. The van der Waals surface area contributed by atoms with E-state index in [4.69, 9.17) is 4.74 Å². The number of nitrogens with zero attached hydrogens (tertiary/aromatic N) is 4. The largest absolute Gasteiger partial charge is 0.370 e. The maximum absolute atomic E-state index is 11.8. The van der Waals surface area contributed by atoms with E-state index in [9.17, 15) is 8.42 Å². The van der Waals surface area contributed by atoms with Gasteiger partial charge in [0.15, 0.2) is 15.8 Å². The zero-order chi connectivity index (χ0) is 18.0. The molecule has 1 aliphatic heterocycles. The van der Waals surface area contributed by atoms with Gasteiger partial charge in [0.05, 0.1) is 24.1 Å². The first kappa shape index (κ1) is 18.7. The minimum Gasteiger partial charge on any atom is -0.370 e. The molecule has 1 atom stereocenters. The summed E-state index contributed by atoms with van der Waals surface area (Å²) in [5.74, 6) is 0.684. The minimum absolute atomic E-state index is 0.0751. The van der Waals surface area contributed by atoms with E-state index in [0.717, 1.165) is 5.56 Å². The van der Waals surface area contributed by atoms with Crippen LogP contribution in [0.25, 0.3) is 0 Å². The van der Waals surface area contributed by atoms with Gasteiger partial charge < -0.3 is 15.0 Å². The molecule has 136 valence electrons. The molecule has 0 amide bonds. The second-order valence-corrected chi connectivity index (χ2v) is 9.33. The predicted octanol–water partition coefficient (Wildman–Crippen LogP) is 0.192. The van der Waals surface area contributed by atoms with E-state index in [-0.39, 0.29) is 6.10 Å². The van der Waals surface area contributed by atoms with Crippen LogP contribution in [0.5, 0.6) is 0 Å². The average Bonchev–Trinajstić information content (AvgIpc) is 2.93. The fourth-order valence-electron chi connectivity index (χ4n) is 2.41. The molecule has 0 radical (unpaired) electrons. The van der Waals surface area contributed by atoms with Crippen molar-refractivity contribution >= 4 is 15.8 Å². The highest BCUT2D eigenvalue weighted by Gasteiger charge is 2.31. The van der Waals surface area contributed by atoms with Crippen LogP contribution in [-0.2, 0) is 21.6 Å². The number of morpholine rings is 1. The summed E-state index contributed by atoms with van der Waals surface area (Å²) in [6.07, 6.45) is 4.92. The molecule has 0 bridgehead atoms. The summed E-state index contributed by atoms with van der Waals surface area (Å²) < 4.78 is 30.4. The summed E-state index contributed by atoms with van der Waals surface area (Å²) in [7, 11) is 0.412. The van der Waals surface area contributed by atoms with E-state index in [0.29, 0.717) is 32.2 Å². The molecule has 24 heavy (non-hydrogen) atoms. The van der Waals surface area contributed by atoms with Crippen molar-refractivity contribution in [3.8, 4) is 0 Å². The first-order chi connectivity index (χ1) is 11.1. The summed E-state index contributed by atoms with van der Waals surface area (Å²) in [6.45, 7) is 5.64. The Morgan fingerprint density at radius 2 is 2.25 bits per heavy atom. The maximum Gasteiger partial charge on any atom is 0.193 e. The van der Waals surface area contributed by atoms with Gasteiger partial charge in [0.2, 0.25) is 0 Å². The van der Waals surface area contributed by atoms with E-state index in [1.165, 1.54) is 6.26 Å². The van der Waals surface area contributed by atoms with Gasteiger partial charge in [-0.1, -0.05) is 0 Å². The second kappa shape index (κ2) is 7.10. The normalized spacial score (nSPS) is 20.3. The summed E-state index contributed by atoms with van der Waals surface area (Å²) in [5, 5.41) is 7.37. The first-order valence-electron chi connectivity index (χ1n) is 7.89. The van der Waals surface area contributed by atoms with Gasteiger partial charge in [0, 0.05) is 45.2 Å². The quantitative estimate of drug-likeness (QED) is 0.611. The molecule has 0 spiro atoms. The van der Waals surface area contributed by atoms with E-state index >= 15 is 0 Å². The van der Waals surface area contributed by atoms with Crippen LogP contribution in [-0.4, -0.2) is 73.3 Å². The van der Waals surface area contributed by atoms with Crippen LogP contribution in [0.15, 0.2) is 17.4 Å². The van der Waals surface area contributed by atoms with Crippen LogP contribution in [0.1, 0.15) is 25.5 Å². The number of hydrogen-bond acceptors (Lipinski definition) is 5. The molecule has 9 heteroatoms. The van der Waals surface area contributed by atoms with Crippen molar-refractivity contribution in [1.29, 1.82) is 0 Å². The lowest BCUT2D eigenvalue weighted by Gasteiger charge is -2.35. The van der Waals surface area contributed by atoms with Gasteiger partial charge in [0.25, 0.3) is 0 Å². The number of rotatable bonds is 4. The minimum atomic E-state index is -3.16. The van der Waals surface area contributed by atoms with Crippen LogP contribution in [0.4, 0.5) is 0 Å². The van der Waals surface area contributed by atoms with Gasteiger partial charge in [-0.15, -0.1) is 0 Å². The van der Waals surface area contributed by atoms with Gasteiger partial charge in [0.1, 0.15) is 6.10 Å². The van der Waals surface area contributed by atoms with Crippen molar-refractivity contribution in [2.24, 2.45) is 12.0 Å². The number of aromatic nitrogens is 2. The molecule has 1 saturated heterocycles. The number of aliphatic imine (C=N–C) groups is 1. The predicted molar refractivity (Wildman–Crippen MR) is 93.8 cm³/mol. The summed E-state index contributed by atoms with van der Waals surface area (Å²) in [4.78, 5) is 6.37. The lowest BCUT2D eigenvalue weighted by atomic mass is 10.1. The Labute approximate surface area is 143 Å². The highest BCUT2D eigenvalue weighted by atomic mass is 32.2. The van der Waals surface area contributed by atoms with E-state index in [1.54, 1.807) is 31.8 Å². The van der Waals surface area contributed by atoms with E-state index < -0.39 is 14.6 Å². The number of guanidine groups is 1. The molecule has 0 saturated carbocycles. The fourth-order valence-corrected chi connectivity index (χ4v) is 2.74. The third-order valence-electron chi connectivity index (χ3n) is 4.35. The summed E-state index contributed by atoms with van der Waals surface area (Å²) in [6, 6.07) is 0. The first-order valence-corrected chi connectivity index (χ1v) is 9.78. The fraction of sp³-hybridized carbons (Fsp3) is 0.733.